The minimum atomic E-state index is -3.60. The maximum atomic E-state index is 11.7. The summed E-state index contributed by atoms with van der Waals surface area (Å²) in [5.41, 5.74) is 0.900. The van der Waals surface area contributed by atoms with Crippen molar-refractivity contribution in [2.45, 2.75) is 0 Å². The summed E-state index contributed by atoms with van der Waals surface area (Å²) in [5, 5.41) is 8.55. The van der Waals surface area contributed by atoms with E-state index in [9.17, 15) is 4.57 Å². The first-order chi connectivity index (χ1) is 8.20. The molecule has 0 saturated carbocycles. The molecule has 0 spiro atoms. The Kier molecular flexibility index (Phi) is 5.94. The molecule has 0 aliphatic heterocycles. The van der Waals surface area contributed by atoms with Crippen molar-refractivity contribution >= 4 is 13.9 Å². The molecule has 94 valence electrons. The predicted octanol–water partition coefficient (Wildman–Crippen LogP) is 2.44. The second kappa shape index (κ2) is 7.25. The third-order valence-corrected chi connectivity index (χ3v) is 3.14. The topological polar surface area (TPSA) is 65.0 Å². The van der Waals surface area contributed by atoms with E-state index in [1.54, 1.807) is 6.08 Å². The van der Waals surface area contributed by atoms with Crippen LogP contribution in [0.5, 0.6) is 0 Å². The lowest BCUT2D eigenvalue weighted by atomic mass is 10.2. The molecule has 0 fully saturated rings. The molecule has 6 heteroatoms. The maximum absolute atomic E-state index is 11.7. The van der Waals surface area contributed by atoms with E-state index in [1.807, 2.05) is 30.3 Å². The van der Waals surface area contributed by atoms with E-state index in [0.29, 0.717) is 0 Å². The van der Waals surface area contributed by atoms with E-state index in [2.05, 4.69) is 4.52 Å². The lowest BCUT2D eigenvalue weighted by Crippen LogP contribution is -1.99. The molecule has 1 N–H and O–H groups in total. The van der Waals surface area contributed by atoms with Gasteiger partial charge in [0.1, 0.15) is 0 Å². The molecule has 1 rings (SSSR count). The highest BCUT2D eigenvalue weighted by molar-refractivity contribution is 7.48. The SMILES string of the molecule is COP(=O)(OC=Cc1ccccc1)OCCO. The quantitative estimate of drug-likeness (QED) is 0.601. The van der Waals surface area contributed by atoms with Crippen LogP contribution in [0.4, 0.5) is 0 Å². The molecular weight excluding hydrogens is 243 g/mol. The lowest BCUT2D eigenvalue weighted by molar-refractivity contribution is 0.133. The van der Waals surface area contributed by atoms with Crippen LogP contribution in [-0.2, 0) is 18.1 Å². The van der Waals surface area contributed by atoms with E-state index in [1.165, 1.54) is 13.4 Å². The van der Waals surface area contributed by atoms with Gasteiger partial charge in [-0.05, 0) is 11.6 Å². The Balaban J connectivity index is 2.53. The Morgan fingerprint density at radius 3 is 2.65 bits per heavy atom. The Bertz CT molecular complexity index is 390. The van der Waals surface area contributed by atoms with Crippen molar-refractivity contribution in [3.8, 4) is 0 Å². The van der Waals surface area contributed by atoms with E-state index in [0.717, 1.165) is 5.56 Å². The van der Waals surface area contributed by atoms with Gasteiger partial charge in [-0.15, -0.1) is 0 Å². The molecule has 0 radical (unpaired) electrons. The van der Waals surface area contributed by atoms with Crippen molar-refractivity contribution in [1.29, 1.82) is 0 Å². The average Bonchev–Trinajstić information content (AvgIpc) is 2.38. The molecule has 0 aliphatic rings. The highest BCUT2D eigenvalue weighted by Gasteiger charge is 2.24. The summed E-state index contributed by atoms with van der Waals surface area (Å²) >= 11 is 0. The molecule has 5 nitrogen and oxygen atoms in total. The fourth-order valence-electron chi connectivity index (χ4n) is 1.03. The minimum absolute atomic E-state index is 0.107. The molecule has 1 aromatic carbocycles. The number of hydrogen-bond acceptors (Lipinski definition) is 5. The van der Waals surface area contributed by atoms with Crippen LogP contribution in [0, 0.1) is 0 Å². The lowest BCUT2D eigenvalue weighted by Gasteiger charge is -2.12. The van der Waals surface area contributed by atoms with Crippen LogP contribution >= 0.6 is 7.82 Å². The zero-order valence-electron chi connectivity index (χ0n) is 9.48. The maximum Gasteiger partial charge on any atom is 0.529 e. The summed E-state index contributed by atoms with van der Waals surface area (Å²) in [6.07, 6.45) is 2.88. The summed E-state index contributed by atoms with van der Waals surface area (Å²) in [7, 11) is -2.38. The first-order valence-electron chi connectivity index (χ1n) is 5.01. The number of aliphatic hydroxyl groups excluding tert-OH is 1. The number of aliphatic hydroxyl groups is 1. The Labute approximate surface area is 100 Å². The van der Waals surface area contributed by atoms with Gasteiger partial charge in [0, 0.05) is 7.11 Å². The van der Waals surface area contributed by atoms with Gasteiger partial charge in [-0.1, -0.05) is 30.3 Å². The zero-order valence-corrected chi connectivity index (χ0v) is 10.4. The zero-order chi connectivity index (χ0) is 12.6. The summed E-state index contributed by atoms with van der Waals surface area (Å²) in [5.74, 6) is 0. The molecule has 1 aromatic rings. The molecule has 1 unspecified atom stereocenters. The third-order valence-electron chi connectivity index (χ3n) is 1.81. The summed E-state index contributed by atoms with van der Waals surface area (Å²) in [4.78, 5) is 0. The number of benzene rings is 1. The van der Waals surface area contributed by atoms with Crippen LogP contribution in [0.25, 0.3) is 6.08 Å². The van der Waals surface area contributed by atoms with Gasteiger partial charge >= 0.3 is 7.82 Å². The van der Waals surface area contributed by atoms with Gasteiger partial charge in [0.2, 0.25) is 0 Å². The van der Waals surface area contributed by atoms with E-state index in [-0.39, 0.29) is 13.2 Å². The summed E-state index contributed by atoms with van der Waals surface area (Å²) < 4.78 is 26.0. The molecule has 0 heterocycles. The van der Waals surface area contributed by atoms with Crippen LogP contribution in [0.1, 0.15) is 5.56 Å². The number of hydrogen-bond donors (Lipinski definition) is 1. The van der Waals surface area contributed by atoms with Crippen LogP contribution in [0.3, 0.4) is 0 Å². The molecule has 1 atom stereocenters. The molecule has 0 bridgehead atoms. The standard InChI is InChI=1S/C11H15O5P/c1-14-17(13,16-10-8-12)15-9-7-11-5-3-2-4-6-11/h2-7,9,12H,8,10H2,1H3. The number of phosphoric acid groups is 1. The van der Waals surface area contributed by atoms with Crippen molar-refractivity contribution < 1.29 is 23.2 Å². The fraction of sp³-hybridized carbons (Fsp3) is 0.273. The Morgan fingerprint density at radius 1 is 1.35 bits per heavy atom. The Morgan fingerprint density at radius 2 is 2.06 bits per heavy atom. The summed E-state index contributed by atoms with van der Waals surface area (Å²) in [6, 6.07) is 9.37. The van der Waals surface area contributed by atoms with Gasteiger partial charge < -0.3 is 9.63 Å². The highest BCUT2D eigenvalue weighted by atomic mass is 31.2. The van der Waals surface area contributed by atoms with Crippen molar-refractivity contribution in [3.05, 3.63) is 42.2 Å². The number of phosphoric ester groups is 1. The molecule has 0 saturated heterocycles. The van der Waals surface area contributed by atoms with Gasteiger partial charge in [0.05, 0.1) is 19.5 Å². The molecule has 0 aromatic heterocycles. The van der Waals surface area contributed by atoms with Gasteiger partial charge in [-0.3, -0.25) is 9.05 Å². The van der Waals surface area contributed by atoms with E-state index < -0.39 is 7.82 Å². The molecular formula is C11H15O5P. The van der Waals surface area contributed by atoms with Gasteiger partial charge in [0.15, 0.2) is 0 Å². The van der Waals surface area contributed by atoms with Gasteiger partial charge in [-0.25, -0.2) is 4.57 Å². The first-order valence-corrected chi connectivity index (χ1v) is 6.47. The van der Waals surface area contributed by atoms with Crippen molar-refractivity contribution in [2.24, 2.45) is 0 Å². The predicted molar refractivity (Wildman–Crippen MR) is 64.2 cm³/mol. The van der Waals surface area contributed by atoms with E-state index >= 15 is 0 Å². The second-order valence-corrected chi connectivity index (χ2v) is 4.73. The average molecular weight is 258 g/mol. The molecule has 0 amide bonds. The summed E-state index contributed by atoms with van der Waals surface area (Å²) in [6.45, 7) is -0.358. The fourth-order valence-corrected chi connectivity index (χ4v) is 1.79. The second-order valence-electron chi connectivity index (χ2n) is 3.01. The first kappa shape index (κ1) is 13.9. The molecule has 0 aliphatic carbocycles. The van der Waals surface area contributed by atoms with Crippen molar-refractivity contribution in [1.82, 2.24) is 0 Å². The Hall–Kier alpha value is -1.13. The van der Waals surface area contributed by atoms with Gasteiger partial charge in [-0.2, -0.15) is 0 Å². The van der Waals surface area contributed by atoms with Gasteiger partial charge in [0.25, 0.3) is 0 Å². The van der Waals surface area contributed by atoms with Crippen LogP contribution < -0.4 is 0 Å². The number of rotatable bonds is 7. The van der Waals surface area contributed by atoms with Crippen molar-refractivity contribution in [2.75, 3.05) is 20.3 Å². The van der Waals surface area contributed by atoms with Crippen LogP contribution in [0.15, 0.2) is 36.6 Å². The minimum Gasteiger partial charge on any atom is -0.412 e. The van der Waals surface area contributed by atoms with Crippen molar-refractivity contribution in [3.63, 3.8) is 0 Å². The normalized spacial score (nSPS) is 14.7. The third kappa shape index (κ3) is 5.15. The van der Waals surface area contributed by atoms with Crippen LogP contribution in [-0.4, -0.2) is 25.4 Å². The smallest absolute Gasteiger partial charge is 0.412 e. The van der Waals surface area contributed by atoms with Crippen LogP contribution in [0.2, 0.25) is 0 Å². The molecule has 17 heavy (non-hydrogen) atoms. The highest BCUT2D eigenvalue weighted by Crippen LogP contribution is 2.48. The monoisotopic (exact) mass is 258 g/mol. The largest absolute Gasteiger partial charge is 0.529 e. The van der Waals surface area contributed by atoms with E-state index in [4.69, 9.17) is 14.2 Å².